The van der Waals surface area contributed by atoms with Gasteiger partial charge in [-0.15, -0.1) is 0 Å². The molecule has 0 heterocycles. The van der Waals surface area contributed by atoms with Crippen LogP contribution >= 0.6 is 0 Å². The highest BCUT2D eigenvalue weighted by Gasteiger charge is 2.29. The Hall–Kier alpha value is -1.56. The Morgan fingerprint density at radius 2 is 1.83 bits per heavy atom. The second kappa shape index (κ2) is 6.39. The molecule has 0 aliphatic carbocycles. The van der Waals surface area contributed by atoms with Gasteiger partial charge < -0.3 is 11.1 Å². The topological polar surface area (TPSA) is 55.1 Å². The SMILES string of the molecule is NCCCNC(=O)Cc1ccc(C(F)(F)F)cc1. The van der Waals surface area contributed by atoms with Crippen LogP contribution in [0.1, 0.15) is 17.5 Å². The zero-order chi connectivity index (χ0) is 13.6. The highest BCUT2D eigenvalue weighted by atomic mass is 19.4. The van der Waals surface area contributed by atoms with Gasteiger partial charge in [0.15, 0.2) is 0 Å². The number of halogens is 3. The molecule has 1 rings (SSSR count). The maximum absolute atomic E-state index is 12.3. The summed E-state index contributed by atoms with van der Waals surface area (Å²) in [5, 5.41) is 2.64. The molecule has 6 heteroatoms. The molecule has 0 atom stereocenters. The first-order valence-corrected chi connectivity index (χ1v) is 5.56. The number of carbonyl (C=O) groups is 1. The Balaban J connectivity index is 2.51. The first kappa shape index (κ1) is 14.5. The van der Waals surface area contributed by atoms with E-state index in [1.165, 1.54) is 12.1 Å². The summed E-state index contributed by atoms with van der Waals surface area (Å²) in [5.74, 6) is -0.219. The Bertz CT molecular complexity index is 387. The van der Waals surface area contributed by atoms with E-state index >= 15 is 0 Å². The number of nitrogens with two attached hydrogens (primary N) is 1. The molecule has 3 nitrogen and oxygen atoms in total. The van der Waals surface area contributed by atoms with Crippen LogP contribution in [-0.2, 0) is 17.4 Å². The van der Waals surface area contributed by atoms with Gasteiger partial charge in [0.25, 0.3) is 0 Å². The van der Waals surface area contributed by atoms with Crippen molar-refractivity contribution in [1.29, 1.82) is 0 Å². The van der Waals surface area contributed by atoms with Gasteiger partial charge in [0.05, 0.1) is 12.0 Å². The summed E-state index contributed by atoms with van der Waals surface area (Å²) in [5.41, 5.74) is 5.10. The molecule has 0 saturated heterocycles. The smallest absolute Gasteiger partial charge is 0.356 e. The van der Waals surface area contributed by atoms with Crippen molar-refractivity contribution in [3.63, 3.8) is 0 Å². The monoisotopic (exact) mass is 260 g/mol. The number of benzene rings is 1. The Labute approximate surface area is 103 Å². The van der Waals surface area contributed by atoms with Gasteiger partial charge in [0.1, 0.15) is 0 Å². The van der Waals surface area contributed by atoms with Crippen LogP contribution in [-0.4, -0.2) is 19.0 Å². The molecule has 0 aliphatic rings. The van der Waals surface area contributed by atoms with Crippen LogP contribution in [0.4, 0.5) is 13.2 Å². The highest BCUT2D eigenvalue weighted by molar-refractivity contribution is 5.78. The maximum atomic E-state index is 12.3. The van der Waals surface area contributed by atoms with Crippen LogP contribution in [0.2, 0.25) is 0 Å². The third-order valence-electron chi connectivity index (χ3n) is 2.35. The molecule has 100 valence electrons. The molecule has 3 N–H and O–H groups in total. The number of carbonyl (C=O) groups excluding carboxylic acids is 1. The summed E-state index contributed by atoms with van der Waals surface area (Å²) >= 11 is 0. The lowest BCUT2D eigenvalue weighted by atomic mass is 10.1. The Kier molecular flexibility index (Phi) is 5.15. The fraction of sp³-hybridized carbons (Fsp3) is 0.417. The summed E-state index contributed by atoms with van der Waals surface area (Å²) in [7, 11) is 0. The van der Waals surface area contributed by atoms with E-state index in [1.807, 2.05) is 0 Å². The van der Waals surface area contributed by atoms with E-state index in [9.17, 15) is 18.0 Å². The number of hydrogen-bond acceptors (Lipinski definition) is 2. The summed E-state index contributed by atoms with van der Waals surface area (Å²) in [6, 6.07) is 4.57. The summed E-state index contributed by atoms with van der Waals surface area (Å²) in [4.78, 5) is 11.4. The minimum Gasteiger partial charge on any atom is -0.356 e. The average Bonchev–Trinajstić information content (AvgIpc) is 2.29. The molecule has 0 saturated carbocycles. The fourth-order valence-corrected chi connectivity index (χ4v) is 1.39. The molecule has 18 heavy (non-hydrogen) atoms. The van der Waals surface area contributed by atoms with Crippen molar-refractivity contribution in [3.05, 3.63) is 35.4 Å². The van der Waals surface area contributed by atoms with Crippen LogP contribution < -0.4 is 11.1 Å². The number of nitrogens with one attached hydrogen (secondary N) is 1. The van der Waals surface area contributed by atoms with E-state index in [0.29, 0.717) is 25.1 Å². The van der Waals surface area contributed by atoms with Crippen molar-refractivity contribution in [2.75, 3.05) is 13.1 Å². The predicted molar refractivity (Wildman–Crippen MR) is 61.8 cm³/mol. The second-order valence-electron chi connectivity index (χ2n) is 3.86. The molecule has 1 aromatic rings. The van der Waals surface area contributed by atoms with Crippen molar-refractivity contribution in [2.45, 2.75) is 19.0 Å². The van der Waals surface area contributed by atoms with Crippen LogP contribution in [0.25, 0.3) is 0 Å². The quantitative estimate of drug-likeness (QED) is 0.792. The zero-order valence-electron chi connectivity index (χ0n) is 9.76. The van der Waals surface area contributed by atoms with Gasteiger partial charge >= 0.3 is 6.18 Å². The Morgan fingerprint density at radius 3 is 2.33 bits per heavy atom. The summed E-state index contributed by atoms with van der Waals surface area (Å²) < 4.78 is 36.9. The average molecular weight is 260 g/mol. The van der Waals surface area contributed by atoms with Crippen molar-refractivity contribution >= 4 is 5.91 Å². The normalized spacial score (nSPS) is 11.3. The Morgan fingerprint density at radius 1 is 1.22 bits per heavy atom. The molecule has 0 bridgehead atoms. The lowest BCUT2D eigenvalue weighted by Crippen LogP contribution is -2.27. The molecule has 0 aliphatic heterocycles. The minimum atomic E-state index is -4.35. The third-order valence-corrected chi connectivity index (χ3v) is 2.35. The van der Waals surface area contributed by atoms with Gasteiger partial charge in [-0.25, -0.2) is 0 Å². The van der Waals surface area contributed by atoms with E-state index in [0.717, 1.165) is 12.1 Å². The molecule has 0 unspecified atom stereocenters. The fourth-order valence-electron chi connectivity index (χ4n) is 1.39. The van der Waals surface area contributed by atoms with E-state index in [-0.39, 0.29) is 12.3 Å². The van der Waals surface area contributed by atoms with Gasteiger partial charge in [-0.3, -0.25) is 4.79 Å². The van der Waals surface area contributed by atoms with E-state index < -0.39 is 11.7 Å². The number of rotatable bonds is 5. The summed E-state index contributed by atoms with van der Waals surface area (Å²) in [6.07, 6.45) is -3.59. The molecule has 0 fully saturated rings. The van der Waals surface area contributed by atoms with E-state index in [4.69, 9.17) is 5.73 Å². The standard InChI is InChI=1S/C12H15F3N2O/c13-12(14,15)10-4-2-9(3-5-10)8-11(18)17-7-1-6-16/h2-5H,1,6-8,16H2,(H,17,18). The van der Waals surface area contributed by atoms with Crippen molar-refractivity contribution in [2.24, 2.45) is 5.73 Å². The van der Waals surface area contributed by atoms with Crippen LogP contribution in [0.3, 0.4) is 0 Å². The van der Waals surface area contributed by atoms with Gasteiger partial charge in [0.2, 0.25) is 5.91 Å². The van der Waals surface area contributed by atoms with Crippen LogP contribution in [0, 0.1) is 0 Å². The van der Waals surface area contributed by atoms with Crippen molar-refractivity contribution in [3.8, 4) is 0 Å². The van der Waals surface area contributed by atoms with Gasteiger partial charge in [-0.1, -0.05) is 12.1 Å². The van der Waals surface area contributed by atoms with E-state index in [2.05, 4.69) is 5.32 Å². The maximum Gasteiger partial charge on any atom is 0.416 e. The zero-order valence-corrected chi connectivity index (χ0v) is 9.76. The van der Waals surface area contributed by atoms with Gasteiger partial charge in [-0.2, -0.15) is 13.2 Å². The lowest BCUT2D eigenvalue weighted by Gasteiger charge is -2.08. The molecule has 0 radical (unpaired) electrons. The first-order chi connectivity index (χ1) is 8.43. The van der Waals surface area contributed by atoms with E-state index in [1.54, 1.807) is 0 Å². The first-order valence-electron chi connectivity index (χ1n) is 5.56. The summed E-state index contributed by atoms with van der Waals surface area (Å²) in [6.45, 7) is 0.969. The molecule has 0 aromatic heterocycles. The van der Waals surface area contributed by atoms with Gasteiger partial charge in [-0.05, 0) is 30.7 Å². The van der Waals surface area contributed by atoms with Crippen molar-refractivity contribution < 1.29 is 18.0 Å². The minimum absolute atomic E-state index is 0.0721. The largest absolute Gasteiger partial charge is 0.416 e. The molecule has 0 spiro atoms. The third kappa shape index (κ3) is 4.75. The predicted octanol–water partition coefficient (Wildman–Crippen LogP) is 1.71. The van der Waals surface area contributed by atoms with Crippen LogP contribution in [0.15, 0.2) is 24.3 Å². The van der Waals surface area contributed by atoms with Gasteiger partial charge in [0, 0.05) is 6.54 Å². The van der Waals surface area contributed by atoms with Crippen molar-refractivity contribution in [1.82, 2.24) is 5.32 Å². The molecule has 1 aromatic carbocycles. The van der Waals surface area contributed by atoms with Crippen LogP contribution in [0.5, 0.6) is 0 Å². The molecule has 1 amide bonds. The highest BCUT2D eigenvalue weighted by Crippen LogP contribution is 2.29. The lowest BCUT2D eigenvalue weighted by molar-refractivity contribution is -0.137. The number of alkyl halides is 3. The molecular weight excluding hydrogens is 245 g/mol. The number of hydrogen-bond donors (Lipinski definition) is 2. The number of amides is 1. The second-order valence-corrected chi connectivity index (χ2v) is 3.86. The molecular formula is C12H15F3N2O.